The summed E-state index contributed by atoms with van der Waals surface area (Å²) in [6.45, 7) is 12.2. The predicted octanol–water partition coefficient (Wildman–Crippen LogP) is 5.35. The summed E-state index contributed by atoms with van der Waals surface area (Å²) in [5, 5.41) is 5.89. The third-order valence-electron chi connectivity index (χ3n) is 7.67. The first-order chi connectivity index (χ1) is 18.3. The largest absolute Gasteiger partial charge is 0.347 e. The number of carbonyl (C=O) groups is 3. The number of aryl methyl sites for hydroxylation is 1. The van der Waals surface area contributed by atoms with Gasteiger partial charge in [0.25, 0.3) is 5.91 Å². The van der Waals surface area contributed by atoms with Crippen LogP contribution < -0.4 is 10.6 Å². The van der Waals surface area contributed by atoms with E-state index in [2.05, 4.69) is 53.7 Å². The normalized spacial score (nSPS) is 20.0. The monoisotopic (exact) mass is 556 g/mol. The van der Waals surface area contributed by atoms with Gasteiger partial charge in [0, 0.05) is 6.54 Å². The standard InChI is InChI=1S/C30H41FN4O3S/c1-18(2)16-22(20-9-11-21(12-10-20)24-19(3)32-17-39-24)33-26(36)23-8-7-15-35(23)27(37)25(29(4,5)6)34-28(38)30(31)13-14-30/h9-12,17-18,22-23,25H,7-8,13-16H2,1-6H3,(H,33,36)(H,34,38)/t22-,23?,25+/m0/s1. The summed E-state index contributed by atoms with van der Waals surface area (Å²) in [7, 11) is 0. The number of amides is 3. The highest BCUT2D eigenvalue weighted by Crippen LogP contribution is 2.40. The van der Waals surface area contributed by atoms with Crippen LogP contribution in [0.4, 0.5) is 4.39 Å². The van der Waals surface area contributed by atoms with Crippen LogP contribution in [-0.2, 0) is 14.4 Å². The molecule has 2 aliphatic rings. The average Bonchev–Trinajstić information content (AvgIpc) is 3.25. The molecule has 39 heavy (non-hydrogen) atoms. The smallest absolute Gasteiger partial charge is 0.258 e. The van der Waals surface area contributed by atoms with E-state index in [0.717, 1.165) is 28.1 Å². The minimum Gasteiger partial charge on any atom is -0.347 e. The maximum atomic E-state index is 14.4. The van der Waals surface area contributed by atoms with E-state index in [9.17, 15) is 18.8 Å². The Morgan fingerprint density at radius 2 is 1.82 bits per heavy atom. The molecule has 1 aromatic heterocycles. The summed E-state index contributed by atoms with van der Waals surface area (Å²) in [6.07, 6.45) is 2.36. The van der Waals surface area contributed by atoms with Crippen molar-refractivity contribution in [2.45, 2.75) is 97.4 Å². The van der Waals surface area contributed by atoms with Gasteiger partial charge in [0.15, 0.2) is 5.67 Å². The van der Waals surface area contributed by atoms with Crippen LogP contribution in [0.25, 0.3) is 10.4 Å². The van der Waals surface area contributed by atoms with E-state index in [0.29, 0.717) is 25.3 Å². The molecule has 1 unspecified atom stereocenters. The van der Waals surface area contributed by atoms with Gasteiger partial charge in [-0.2, -0.15) is 0 Å². The van der Waals surface area contributed by atoms with E-state index in [1.54, 1.807) is 16.2 Å². The summed E-state index contributed by atoms with van der Waals surface area (Å²) in [5.74, 6) is -0.916. The third kappa shape index (κ3) is 6.68. The van der Waals surface area contributed by atoms with Crippen molar-refractivity contribution in [3.05, 3.63) is 41.0 Å². The summed E-state index contributed by atoms with van der Waals surface area (Å²) in [4.78, 5) is 46.9. The molecule has 3 amide bonds. The number of alkyl halides is 1. The minimum atomic E-state index is -1.87. The summed E-state index contributed by atoms with van der Waals surface area (Å²) >= 11 is 1.60. The number of carbonyl (C=O) groups excluding carboxylic acids is 3. The maximum Gasteiger partial charge on any atom is 0.258 e. The van der Waals surface area contributed by atoms with Crippen molar-refractivity contribution in [2.75, 3.05) is 6.54 Å². The Bertz CT molecular complexity index is 1200. The molecule has 1 saturated heterocycles. The lowest BCUT2D eigenvalue weighted by atomic mass is 9.85. The number of hydrogen-bond donors (Lipinski definition) is 2. The molecule has 2 fully saturated rings. The molecular formula is C30H41FN4O3S. The van der Waals surface area contributed by atoms with Crippen molar-refractivity contribution in [3.63, 3.8) is 0 Å². The number of rotatable bonds is 9. The Kier molecular flexibility index (Phi) is 8.50. The van der Waals surface area contributed by atoms with E-state index in [1.807, 2.05) is 33.2 Å². The van der Waals surface area contributed by atoms with Gasteiger partial charge in [-0.1, -0.05) is 58.9 Å². The molecule has 7 nitrogen and oxygen atoms in total. The van der Waals surface area contributed by atoms with Gasteiger partial charge in [-0.15, -0.1) is 11.3 Å². The number of benzene rings is 1. The van der Waals surface area contributed by atoms with E-state index in [4.69, 9.17) is 0 Å². The van der Waals surface area contributed by atoms with Gasteiger partial charge in [0.2, 0.25) is 11.8 Å². The van der Waals surface area contributed by atoms with Crippen molar-refractivity contribution >= 4 is 29.1 Å². The second-order valence-corrected chi connectivity index (χ2v) is 13.4. The van der Waals surface area contributed by atoms with Crippen molar-refractivity contribution in [1.82, 2.24) is 20.5 Å². The molecule has 1 aliphatic heterocycles. The van der Waals surface area contributed by atoms with Crippen LogP contribution in [0.15, 0.2) is 29.8 Å². The Hall–Kier alpha value is -2.81. The van der Waals surface area contributed by atoms with Crippen LogP contribution in [0.5, 0.6) is 0 Å². The van der Waals surface area contributed by atoms with E-state index < -0.39 is 29.1 Å². The van der Waals surface area contributed by atoms with Crippen molar-refractivity contribution < 1.29 is 18.8 Å². The number of halogens is 1. The van der Waals surface area contributed by atoms with E-state index in [1.165, 1.54) is 0 Å². The lowest BCUT2D eigenvalue weighted by Gasteiger charge is -2.36. The SMILES string of the molecule is Cc1ncsc1-c1ccc([C@H](CC(C)C)NC(=O)C2CCCN2C(=O)[C@@H](NC(=O)C2(F)CC2)C(C)(C)C)cc1. The predicted molar refractivity (Wildman–Crippen MR) is 152 cm³/mol. The van der Waals surface area contributed by atoms with Crippen LogP contribution in [0, 0.1) is 18.3 Å². The van der Waals surface area contributed by atoms with Gasteiger partial charge in [-0.3, -0.25) is 14.4 Å². The van der Waals surface area contributed by atoms with Gasteiger partial charge in [0.05, 0.1) is 22.1 Å². The zero-order valence-corrected chi connectivity index (χ0v) is 24.7. The van der Waals surface area contributed by atoms with Gasteiger partial charge in [0.1, 0.15) is 12.1 Å². The van der Waals surface area contributed by atoms with Crippen molar-refractivity contribution in [2.24, 2.45) is 11.3 Å². The highest BCUT2D eigenvalue weighted by molar-refractivity contribution is 7.13. The van der Waals surface area contributed by atoms with Gasteiger partial charge in [-0.25, -0.2) is 9.37 Å². The number of thiazole rings is 1. The third-order valence-corrected chi connectivity index (χ3v) is 8.64. The Balaban J connectivity index is 1.50. The molecular weight excluding hydrogens is 515 g/mol. The lowest BCUT2D eigenvalue weighted by molar-refractivity contribution is -0.145. The van der Waals surface area contributed by atoms with Crippen LogP contribution in [0.2, 0.25) is 0 Å². The van der Waals surface area contributed by atoms with Crippen LogP contribution in [-0.4, -0.2) is 51.9 Å². The molecule has 9 heteroatoms. The number of nitrogens with one attached hydrogen (secondary N) is 2. The Morgan fingerprint density at radius 3 is 2.36 bits per heavy atom. The molecule has 1 aliphatic carbocycles. The first kappa shape index (κ1) is 29.2. The molecule has 2 heterocycles. The summed E-state index contributed by atoms with van der Waals surface area (Å²) in [5.41, 5.74) is 2.43. The Morgan fingerprint density at radius 1 is 1.15 bits per heavy atom. The molecule has 2 aromatic rings. The van der Waals surface area contributed by atoms with E-state index in [-0.39, 0.29) is 30.7 Å². The fraction of sp³-hybridized carbons (Fsp3) is 0.600. The fourth-order valence-corrected chi connectivity index (χ4v) is 5.99. The minimum absolute atomic E-state index is 0.181. The zero-order valence-electron chi connectivity index (χ0n) is 23.8. The first-order valence-electron chi connectivity index (χ1n) is 13.9. The van der Waals surface area contributed by atoms with Gasteiger partial charge >= 0.3 is 0 Å². The summed E-state index contributed by atoms with van der Waals surface area (Å²) < 4.78 is 14.4. The topological polar surface area (TPSA) is 91.4 Å². The molecule has 2 N–H and O–H groups in total. The second-order valence-electron chi connectivity index (χ2n) is 12.5. The van der Waals surface area contributed by atoms with Crippen LogP contribution in [0.1, 0.15) is 84.0 Å². The lowest BCUT2D eigenvalue weighted by Crippen LogP contribution is -2.59. The number of likely N-dealkylation sites (tertiary alicyclic amines) is 1. The molecule has 3 atom stereocenters. The fourth-order valence-electron chi connectivity index (χ4n) is 5.18. The average molecular weight is 557 g/mol. The molecule has 212 valence electrons. The van der Waals surface area contributed by atoms with E-state index >= 15 is 0 Å². The van der Waals surface area contributed by atoms with Gasteiger partial charge in [-0.05, 0) is 61.5 Å². The molecule has 1 saturated carbocycles. The molecule has 0 spiro atoms. The molecule has 4 rings (SSSR count). The molecule has 0 bridgehead atoms. The molecule has 1 aromatic carbocycles. The molecule has 0 radical (unpaired) electrons. The van der Waals surface area contributed by atoms with Gasteiger partial charge < -0.3 is 15.5 Å². The second kappa shape index (κ2) is 11.4. The number of hydrogen-bond acceptors (Lipinski definition) is 5. The van der Waals surface area contributed by atoms with Crippen molar-refractivity contribution in [3.8, 4) is 10.4 Å². The first-order valence-corrected chi connectivity index (χ1v) is 14.8. The quantitative estimate of drug-likeness (QED) is 0.436. The van der Waals surface area contributed by atoms with Crippen LogP contribution in [0.3, 0.4) is 0 Å². The number of aromatic nitrogens is 1. The Labute approximate surface area is 235 Å². The summed E-state index contributed by atoms with van der Waals surface area (Å²) in [6, 6.07) is 6.48. The number of nitrogens with zero attached hydrogens (tertiary/aromatic N) is 2. The maximum absolute atomic E-state index is 14.4. The highest BCUT2D eigenvalue weighted by atomic mass is 32.1. The van der Waals surface area contributed by atoms with Crippen LogP contribution >= 0.6 is 11.3 Å². The zero-order chi connectivity index (χ0) is 28.5. The highest BCUT2D eigenvalue weighted by Gasteiger charge is 2.53. The van der Waals surface area contributed by atoms with Crippen molar-refractivity contribution in [1.29, 1.82) is 0 Å².